The summed E-state index contributed by atoms with van der Waals surface area (Å²) < 4.78 is 53.1. The minimum atomic E-state index is -3.29. The number of methoxy groups -OCH3 is 1. The molecule has 0 aliphatic rings. The van der Waals surface area contributed by atoms with Gasteiger partial charge in [0.15, 0.2) is 11.5 Å². The zero-order chi connectivity index (χ0) is 23.7. The van der Waals surface area contributed by atoms with Crippen LogP contribution in [0, 0.1) is 12.7 Å². The van der Waals surface area contributed by atoms with E-state index in [9.17, 15) is 18.3 Å². The smallest absolute Gasteiger partial charge is 0.273 e. The third-order valence-corrected chi connectivity index (χ3v) is 4.67. The number of nitrogens with one attached hydrogen (secondary N) is 1. The Bertz CT molecular complexity index is 1130. The molecule has 0 aliphatic carbocycles. The lowest BCUT2D eigenvalue weighted by Crippen LogP contribution is -2.28. The Hall–Kier alpha value is -3.07. The molecule has 3 rings (SSSR count). The molecule has 1 aromatic heterocycles. The second kappa shape index (κ2) is 8.82. The molecule has 1 heterocycles. The molecule has 0 radical (unpaired) electrons. The van der Waals surface area contributed by atoms with Gasteiger partial charge in [-0.25, -0.2) is 23.1 Å². The highest BCUT2D eigenvalue weighted by Gasteiger charge is 2.29. The lowest BCUT2D eigenvalue weighted by molar-refractivity contribution is 0.0136. The number of aryl methyl sites for hydroxylation is 1. The number of halogens is 3. The van der Waals surface area contributed by atoms with E-state index in [1.807, 2.05) is 0 Å². The highest BCUT2D eigenvalue weighted by molar-refractivity contribution is 5.91. The first-order chi connectivity index (χ1) is 14.9. The first-order valence-electron chi connectivity index (χ1n) is 10.00. The van der Waals surface area contributed by atoms with Crippen molar-refractivity contribution in [2.45, 2.75) is 45.8 Å². The third kappa shape index (κ3) is 5.40. The van der Waals surface area contributed by atoms with Crippen LogP contribution in [0.5, 0.6) is 11.5 Å². The van der Waals surface area contributed by atoms with Crippen LogP contribution in [0.25, 0.3) is 10.9 Å². The minimum absolute atomic E-state index is 0.0214. The van der Waals surface area contributed by atoms with E-state index in [1.54, 1.807) is 32.9 Å². The fourth-order valence-corrected chi connectivity index (χ4v) is 3.15. The number of rotatable bonds is 8. The van der Waals surface area contributed by atoms with E-state index in [1.165, 1.54) is 19.2 Å². The maximum absolute atomic E-state index is 14.6. The van der Waals surface area contributed by atoms with E-state index in [0.29, 0.717) is 41.0 Å². The van der Waals surface area contributed by atoms with Gasteiger partial charge in [0, 0.05) is 30.5 Å². The van der Waals surface area contributed by atoms with Crippen LogP contribution in [0.2, 0.25) is 0 Å². The molecule has 0 aliphatic heterocycles. The molecule has 3 aromatic rings. The van der Waals surface area contributed by atoms with Crippen LogP contribution in [0.15, 0.2) is 30.3 Å². The minimum Gasteiger partial charge on any atom is -0.493 e. The standard InChI is InChI=1S/C23H26F3N3O3/c1-13-28-17-10-18(31-5)19(32-12-22(2,3)30)9-15(17)21(29-13)27-11-14-7-6-8-16(20(14)24)23(4,25)26/h6-10,30H,11-12H2,1-5H3,(H,27,28,29). The zero-order valence-electron chi connectivity index (χ0n) is 18.6. The van der Waals surface area contributed by atoms with Crippen LogP contribution < -0.4 is 14.8 Å². The van der Waals surface area contributed by atoms with Crippen LogP contribution >= 0.6 is 0 Å². The molecule has 2 aromatic carbocycles. The third-order valence-electron chi connectivity index (χ3n) is 4.67. The molecule has 0 unspecified atom stereocenters. The summed E-state index contributed by atoms with van der Waals surface area (Å²) >= 11 is 0. The number of aliphatic hydroxyl groups is 1. The molecule has 0 saturated heterocycles. The van der Waals surface area contributed by atoms with Gasteiger partial charge >= 0.3 is 0 Å². The molecule has 0 spiro atoms. The van der Waals surface area contributed by atoms with Crippen molar-refractivity contribution in [2.24, 2.45) is 0 Å². The largest absolute Gasteiger partial charge is 0.493 e. The number of benzene rings is 2. The summed E-state index contributed by atoms with van der Waals surface area (Å²) in [5.74, 6) is -2.61. The number of hydrogen-bond acceptors (Lipinski definition) is 6. The average molecular weight is 449 g/mol. The fraction of sp³-hybridized carbons (Fsp3) is 0.391. The summed E-state index contributed by atoms with van der Waals surface area (Å²) in [6, 6.07) is 7.24. The second-order valence-electron chi connectivity index (χ2n) is 8.26. The molecule has 6 nitrogen and oxygen atoms in total. The maximum atomic E-state index is 14.6. The number of fused-ring (bicyclic) bond motifs is 1. The fourth-order valence-electron chi connectivity index (χ4n) is 3.15. The Labute approximate surface area is 184 Å². The number of nitrogens with zero attached hydrogens (tertiary/aromatic N) is 2. The number of hydrogen-bond donors (Lipinski definition) is 2. The topological polar surface area (TPSA) is 76.5 Å². The monoisotopic (exact) mass is 449 g/mol. The Kier molecular flexibility index (Phi) is 6.50. The molecule has 9 heteroatoms. The maximum Gasteiger partial charge on any atom is 0.273 e. The van der Waals surface area contributed by atoms with Gasteiger partial charge in [0.2, 0.25) is 0 Å². The van der Waals surface area contributed by atoms with E-state index in [-0.39, 0.29) is 18.7 Å². The quantitative estimate of drug-likeness (QED) is 0.506. The van der Waals surface area contributed by atoms with Crippen LogP contribution in [0.3, 0.4) is 0 Å². The van der Waals surface area contributed by atoms with Crippen molar-refractivity contribution in [3.05, 3.63) is 53.1 Å². The van der Waals surface area contributed by atoms with Crippen LogP contribution in [0.1, 0.15) is 37.7 Å². The van der Waals surface area contributed by atoms with Crippen LogP contribution in [0.4, 0.5) is 19.0 Å². The van der Waals surface area contributed by atoms with E-state index in [4.69, 9.17) is 9.47 Å². The molecular formula is C23H26F3N3O3. The number of aromatic nitrogens is 2. The molecule has 0 saturated carbocycles. The summed E-state index contributed by atoms with van der Waals surface area (Å²) in [5, 5.41) is 13.6. The van der Waals surface area contributed by atoms with Gasteiger partial charge in [-0.2, -0.15) is 0 Å². The summed E-state index contributed by atoms with van der Waals surface area (Å²) in [7, 11) is 1.49. The van der Waals surface area contributed by atoms with E-state index < -0.39 is 22.9 Å². The van der Waals surface area contributed by atoms with Gasteiger partial charge in [0.1, 0.15) is 24.1 Å². The normalized spacial score (nSPS) is 12.2. The number of ether oxygens (including phenoxy) is 2. The molecule has 2 N–H and O–H groups in total. The highest BCUT2D eigenvalue weighted by atomic mass is 19.3. The predicted molar refractivity (Wildman–Crippen MR) is 116 cm³/mol. The Morgan fingerprint density at radius 2 is 1.81 bits per heavy atom. The van der Waals surface area contributed by atoms with Gasteiger partial charge in [-0.1, -0.05) is 18.2 Å². The second-order valence-corrected chi connectivity index (χ2v) is 8.26. The van der Waals surface area contributed by atoms with Crippen molar-refractivity contribution >= 4 is 16.7 Å². The summed E-state index contributed by atoms with van der Waals surface area (Å²) in [6.07, 6.45) is 0. The van der Waals surface area contributed by atoms with Crippen molar-refractivity contribution in [1.82, 2.24) is 9.97 Å². The summed E-state index contributed by atoms with van der Waals surface area (Å²) in [6.45, 7) is 5.55. The molecule has 0 atom stereocenters. The van der Waals surface area contributed by atoms with Crippen molar-refractivity contribution < 1.29 is 27.8 Å². The molecule has 0 bridgehead atoms. The van der Waals surface area contributed by atoms with Crippen molar-refractivity contribution in [1.29, 1.82) is 0 Å². The lowest BCUT2D eigenvalue weighted by Gasteiger charge is -2.20. The molecular weight excluding hydrogens is 423 g/mol. The van der Waals surface area contributed by atoms with Crippen LogP contribution in [-0.2, 0) is 12.5 Å². The van der Waals surface area contributed by atoms with Gasteiger partial charge in [0.05, 0.1) is 23.8 Å². The molecule has 172 valence electrons. The van der Waals surface area contributed by atoms with Gasteiger partial charge in [-0.3, -0.25) is 0 Å². The van der Waals surface area contributed by atoms with Crippen molar-refractivity contribution in [2.75, 3.05) is 19.0 Å². The first kappa shape index (κ1) is 23.6. The lowest BCUT2D eigenvalue weighted by atomic mass is 10.0. The molecule has 32 heavy (non-hydrogen) atoms. The van der Waals surface area contributed by atoms with Gasteiger partial charge in [0.25, 0.3) is 5.92 Å². The predicted octanol–water partition coefficient (Wildman–Crippen LogP) is 4.96. The summed E-state index contributed by atoms with van der Waals surface area (Å²) in [4.78, 5) is 8.79. The number of anilines is 1. The first-order valence-corrected chi connectivity index (χ1v) is 10.00. The molecule has 0 amide bonds. The van der Waals surface area contributed by atoms with Gasteiger partial charge in [-0.15, -0.1) is 0 Å². The van der Waals surface area contributed by atoms with E-state index >= 15 is 0 Å². The van der Waals surface area contributed by atoms with E-state index in [0.717, 1.165) is 6.07 Å². The van der Waals surface area contributed by atoms with E-state index in [2.05, 4.69) is 15.3 Å². The highest BCUT2D eigenvalue weighted by Crippen LogP contribution is 2.35. The molecule has 0 fully saturated rings. The number of alkyl halides is 2. The van der Waals surface area contributed by atoms with Crippen molar-refractivity contribution in [3.8, 4) is 11.5 Å². The summed E-state index contributed by atoms with van der Waals surface area (Å²) in [5.41, 5.74) is -1.08. The average Bonchev–Trinajstić information content (AvgIpc) is 2.69. The SMILES string of the molecule is COc1cc2nc(C)nc(NCc3cccc(C(C)(F)F)c3F)c2cc1OCC(C)(C)O. The Morgan fingerprint density at radius 3 is 2.44 bits per heavy atom. The Morgan fingerprint density at radius 1 is 1.09 bits per heavy atom. The van der Waals surface area contributed by atoms with Crippen LogP contribution in [-0.4, -0.2) is 34.4 Å². The van der Waals surface area contributed by atoms with Crippen molar-refractivity contribution in [3.63, 3.8) is 0 Å². The van der Waals surface area contributed by atoms with Gasteiger partial charge < -0.3 is 19.9 Å². The Balaban J connectivity index is 1.98. The zero-order valence-corrected chi connectivity index (χ0v) is 18.6. The van der Waals surface area contributed by atoms with Gasteiger partial charge in [-0.05, 0) is 26.8 Å².